The first-order valence-electron chi connectivity index (χ1n) is 5.61. The molecule has 0 aliphatic rings. The highest BCUT2D eigenvalue weighted by atomic mass is 32.2. The number of hydrogen-bond donors (Lipinski definition) is 2. The van der Waals surface area contributed by atoms with E-state index >= 15 is 0 Å². The van der Waals surface area contributed by atoms with E-state index in [4.69, 9.17) is 15.9 Å². The highest BCUT2D eigenvalue weighted by Gasteiger charge is 2.07. The minimum absolute atomic E-state index is 0.0518. The monoisotopic (exact) mass is 274 g/mol. The molecule has 19 heavy (non-hydrogen) atoms. The van der Waals surface area contributed by atoms with Gasteiger partial charge in [-0.2, -0.15) is 0 Å². The fourth-order valence-electron chi connectivity index (χ4n) is 1.57. The van der Waals surface area contributed by atoms with Crippen molar-refractivity contribution in [1.29, 1.82) is 5.41 Å². The SMILES string of the molecule is COc1ccc(C(=N)N)cc1CSc1ccncn1. The molecule has 98 valence electrons. The molecule has 6 heteroatoms. The molecule has 0 amide bonds. The van der Waals surface area contributed by atoms with Crippen LogP contribution in [0, 0.1) is 5.41 Å². The number of nitrogens with two attached hydrogens (primary N) is 1. The third-order valence-electron chi connectivity index (χ3n) is 2.52. The Hall–Kier alpha value is -2.08. The van der Waals surface area contributed by atoms with E-state index < -0.39 is 0 Å². The van der Waals surface area contributed by atoms with E-state index in [0.29, 0.717) is 11.3 Å². The van der Waals surface area contributed by atoms with Crippen LogP contribution in [0.3, 0.4) is 0 Å². The van der Waals surface area contributed by atoms with Crippen LogP contribution in [0.5, 0.6) is 5.75 Å². The van der Waals surface area contributed by atoms with Gasteiger partial charge in [0, 0.05) is 23.1 Å². The van der Waals surface area contributed by atoms with E-state index in [1.54, 1.807) is 31.1 Å². The lowest BCUT2D eigenvalue weighted by atomic mass is 10.1. The van der Waals surface area contributed by atoms with E-state index in [1.807, 2.05) is 18.2 Å². The van der Waals surface area contributed by atoms with Gasteiger partial charge in [0.2, 0.25) is 0 Å². The van der Waals surface area contributed by atoms with Crippen LogP contribution in [0.15, 0.2) is 41.8 Å². The zero-order valence-corrected chi connectivity index (χ0v) is 11.3. The minimum Gasteiger partial charge on any atom is -0.496 e. The lowest BCUT2D eigenvalue weighted by Gasteiger charge is -2.09. The number of aromatic nitrogens is 2. The van der Waals surface area contributed by atoms with Gasteiger partial charge in [-0.25, -0.2) is 9.97 Å². The van der Waals surface area contributed by atoms with Crippen LogP contribution in [-0.2, 0) is 5.75 Å². The Kier molecular flexibility index (Phi) is 4.35. The number of nitrogens with one attached hydrogen (secondary N) is 1. The smallest absolute Gasteiger partial charge is 0.122 e. The van der Waals surface area contributed by atoms with Gasteiger partial charge in [0.15, 0.2) is 0 Å². The quantitative estimate of drug-likeness (QED) is 0.377. The van der Waals surface area contributed by atoms with E-state index in [2.05, 4.69) is 9.97 Å². The van der Waals surface area contributed by atoms with E-state index in [9.17, 15) is 0 Å². The molecule has 0 saturated carbocycles. The van der Waals surface area contributed by atoms with Gasteiger partial charge >= 0.3 is 0 Å². The third-order valence-corrected chi connectivity index (χ3v) is 3.51. The van der Waals surface area contributed by atoms with Crippen LogP contribution >= 0.6 is 11.8 Å². The first kappa shape index (κ1) is 13.4. The molecule has 5 nitrogen and oxygen atoms in total. The van der Waals surface area contributed by atoms with Gasteiger partial charge in [0.1, 0.15) is 17.9 Å². The molecular weight excluding hydrogens is 260 g/mol. The molecule has 0 atom stereocenters. The van der Waals surface area contributed by atoms with Crippen LogP contribution in [0.2, 0.25) is 0 Å². The molecule has 3 N–H and O–H groups in total. The van der Waals surface area contributed by atoms with Gasteiger partial charge in [0.05, 0.1) is 12.1 Å². The van der Waals surface area contributed by atoms with E-state index in [0.717, 1.165) is 16.3 Å². The number of hydrogen-bond acceptors (Lipinski definition) is 5. The third kappa shape index (κ3) is 3.45. The number of ether oxygens (including phenoxy) is 1. The highest BCUT2D eigenvalue weighted by Crippen LogP contribution is 2.27. The van der Waals surface area contributed by atoms with Crippen molar-refractivity contribution in [2.24, 2.45) is 5.73 Å². The summed E-state index contributed by atoms with van der Waals surface area (Å²) in [7, 11) is 1.63. The molecule has 0 bridgehead atoms. The normalized spacial score (nSPS) is 10.2. The van der Waals surface area contributed by atoms with Gasteiger partial charge in [-0.3, -0.25) is 5.41 Å². The van der Waals surface area contributed by atoms with Crippen molar-refractivity contribution in [1.82, 2.24) is 9.97 Å². The Morgan fingerprint density at radius 2 is 2.26 bits per heavy atom. The summed E-state index contributed by atoms with van der Waals surface area (Å²) in [6.07, 6.45) is 3.23. The predicted octanol–water partition coefficient (Wildman–Crippen LogP) is 2.06. The van der Waals surface area contributed by atoms with Gasteiger partial charge in [-0.1, -0.05) is 0 Å². The lowest BCUT2D eigenvalue weighted by molar-refractivity contribution is 0.411. The fraction of sp³-hybridized carbons (Fsp3) is 0.154. The van der Waals surface area contributed by atoms with Crippen molar-refractivity contribution in [2.75, 3.05) is 7.11 Å². The van der Waals surface area contributed by atoms with E-state index in [-0.39, 0.29) is 5.84 Å². The van der Waals surface area contributed by atoms with Gasteiger partial charge in [-0.05, 0) is 24.3 Å². The van der Waals surface area contributed by atoms with Crippen LogP contribution in [0.4, 0.5) is 0 Å². The number of amidine groups is 1. The van der Waals surface area contributed by atoms with Gasteiger partial charge in [0.25, 0.3) is 0 Å². The molecular formula is C13H14N4OS. The zero-order valence-electron chi connectivity index (χ0n) is 10.5. The standard InChI is InChI=1S/C13H14N4OS/c1-18-11-3-2-9(13(14)15)6-10(11)7-19-12-4-5-16-8-17-12/h2-6,8H,7H2,1H3,(H3,14,15). The summed E-state index contributed by atoms with van der Waals surface area (Å²) in [6, 6.07) is 7.33. The Balaban J connectivity index is 2.18. The Labute approximate surface area is 115 Å². The number of nitrogens with zero attached hydrogens (tertiary/aromatic N) is 2. The second-order valence-electron chi connectivity index (χ2n) is 3.78. The maximum absolute atomic E-state index is 7.47. The molecule has 0 spiro atoms. The number of rotatable bonds is 5. The Morgan fingerprint density at radius 3 is 2.89 bits per heavy atom. The maximum Gasteiger partial charge on any atom is 0.122 e. The molecule has 0 radical (unpaired) electrons. The minimum atomic E-state index is 0.0518. The summed E-state index contributed by atoms with van der Waals surface area (Å²) in [6.45, 7) is 0. The maximum atomic E-state index is 7.47. The molecule has 0 unspecified atom stereocenters. The molecule has 0 fully saturated rings. The molecule has 1 aromatic carbocycles. The Bertz CT molecular complexity index is 574. The number of thioether (sulfide) groups is 1. The van der Waals surface area contributed by atoms with Crippen molar-refractivity contribution < 1.29 is 4.74 Å². The molecule has 2 rings (SSSR count). The van der Waals surface area contributed by atoms with Crippen LogP contribution in [-0.4, -0.2) is 22.9 Å². The lowest BCUT2D eigenvalue weighted by Crippen LogP contribution is -2.11. The van der Waals surface area contributed by atoms with Crippen LogP contribution in [0.25, 0.3) is 0 Å². The van der Waals surface area contributed by atoms with Crippen molar-refractivity contribution in [3.05, 3.63) is 47.9 Å². The average Bonchev–Trinajstić information content (AvgIpc) is 2.45. The number of nitrogen functional groups attached to an aromatic ring is 1. The fourth-order valence-corrected chi connectivity index (χ4v) is 2.38. The number of methoxy groups -OCH3 is 1. The summed E-state index contributed by atoms with van der Waals surface area (Å²) in [5, 5.41) is 8.36. The van der Waals surface area contributed by atoms with Crippen LogP contribution in [0.1, 0.15) is 11.1 Å². The molecule has 0 aliphatic heterocycles. The molecule has 0 saturated heterocycles. The van der Waals surface area contributed by atoms with Crippen molar-refractivity contribution in [3.63, 3.8) is 0 Å². The first-order chi connectivity index (χ1) is 9.20. The molecule has 0 aliphatic carbocycles. The van der Waals surface area contributed by atoms with Crippen molar-refractivity contribution >= 4 is 17.6 Å². The first-order valence-corrected chi connectivity index (χ1v) is 6.59. The van der Waals surface area contributed by atoms with Crippen LogP contribution < -0.4 is 10.5 Å². The van der Waals surface area contributed by atoms with Crippen molar-refractivity contribution in [2.45, 2.75) is 10.8 Å². The van der Waals surface area contributed by atoms with Crippen molar-refractivity contribution in [3.8, 4) is 5.75 Å². The average molecular weight is 274 g/mol. The second kappa shape index (κ2) is 6.19. The summed E-state index contributed by atoms with van der Waals surface area (Å²) in [4.78, 5) is 8.03. The number of benzene rings is 1. The largest absolute Gasteiger partial charge is 0.496 e. The molecule has 1 heterocycles. The highest BCUT2D eigenvalue weighted by molar-refractivity contribution is 7.98. The Morgan fingerprint density at radius 1 is 1.42 bits per heavy atom. The predicted molar refractivity (Wildman–Crippen MR) is 75.6 cm³/mol. The topological polar surface area (TPSA) is 84.9 Å². The summed E-state index contributed by atoms with van der Waals surface area (Å²) < 4.78 is 5.31. The molecule has 1 aromatic heterocycles. The zero-order chi connectivity index (χ0) is 13.7. The summed E-state index contributed by atoms with van der Waals surface area (Å²) in [5.74, 6) is 1.53. The summed E-state index contributed by atoms with van der Waals surface area (Å²) in [5.41, 5.74) is 7.18. The second-order valence-corrected chi connectivity index (χ2v) is 4.77. The van der Waals surface area contributed by atoms with E-state index in [1.165, 1.54) is 6.33 Å². The van der Waals surface area contributed by atoms with Gasteiger partial charge < -0.3 is 10.5 Å². The summed E-state index contributed by atoms with van der Waals surface area (Å²) >= 11 is 1.58. The molecule has 2 aromatic rings. The van der Waals surface area contributed by atoms with Gasteiger partial charge in [-0.15, -0.1) is 11.8 Å².